The topological polar surface area (TPSA) is 55.4 Å². The van der Waals surface area contributed by atoms with Crippen molar-refractivity contribution in [2.45, 2.75) is 29.6 Å². The van der Waals surface area contributed by atoms with Crippen molar-refractivity contribution in [2.24, 2.45) is 0 Å². The lowest BCUT2D eigenvalue weighted by Gasteiger charge is -2.12. The van der Waals surface area contributed by atoms with Crippen LogP contribution in [-0.4, -0.2) is 33.9 Å². The summed E-state index contributed by atoms with van der Waals surface area (Å²) in [5, 5.41) is 0. The van der Waals surface area contributed by atoms with E-state index in [9.17, 15) is 8.42 Å². The number of hydrogen-bond donors (Lipinski definition) is 1. The van der Waals surface area contributed by atoms with Crippen LogP contribution in [0.2, 0.25) is 0 Å². The summed E-state index contributed by atoms with van der Waals surface area (Å²) in [4.78, 5) is 0.331. The van der Waals surface area contributed by atoms with Gasteiger partial charge in [-0.3, -0.25) is 0 Å². The number of thioether (sulfide) groups is 1. The van der Waals surface area contributed by atoms with Crippen LogP contribution in [0, 0.1) is 0 Å². The van der Waals surface area contributed by atoms with Crippen molar-refractivity contribution in [3.05, 3.63) is 29.8 Å². The van der Waals surface area contributed by atoms with Crippen molar-refractivity contribution >= 4 is 21.8 Å². The highest BCUT2D eigenvalue weighted by Gasteiger charge is 2.20. The summed E-state index contributed by atoms with van der Waals surface area (Å²) in [5.41, 5.74) is 1.02. The van der Waals surface area contributed by atoms with Crippen molar-refractivity contribution in [2.75, 3.05) is 19.4 Å². The number of ether oxygens (including phenoxy) is 1. The van der Waals surface area contributed by atoms with Crippen LogP contribution in [0.4, 0.5) is 0 Å². The molecule has 1 fully saturated rings. The predicted molar refractivity (Wildman–Crippen MR) is 77.8 cm³/mol. The Labute approximate surface area is 119 Å². The van der Waals surface area contributed by atoms with Crippen LogP contribution in [0.25, 0.3) is 0 Å². The quantitative estimate of drug-likeness (QED) is 0.873. The number of rotatable bonds is 6. The lowest BCUT2D eigenvalue weighted by Crippen LogP contribution is -2.31. The van der Waals surface area contributed by atoms with Gasteiger partial charge >= 0.3 is 0 Å². The zero-order valence-electron chi connectivity index (χ0n) is 11.0. The van der Waals surface area contributed by atoms with Gasteiger partial charge in [0.1, 0.15) is 0 Å². The third-order valence-corrected chi connectivity index (χ3v) is 5.09. The Bertz CT molecular complexity index is 510. The minimum Gasteiger partial charge on any atom is -0.377 e. The van der Waals surface area contributed by atoms with E-state index in [1.54, 1.807) is 30.0 Å². The molecule has 2 rings (SSSR count). The molecule has 4 nitrogen and oxygen atoms in total. The van der Waals surface area contributed by atoms with Gasteiger partial charge in [-0.2, -0.15) is 11.8 Å². The van der Waals surface area contributed by atoms with Crippen molar-refractivity contribution in [1.82, 2.24) is 4.72 Å². The predicted octanol–water partition coefficient (Wildman–Crippen LogP) is 2.01. The highest BCUT2D eigenvalue weighted by molar-refractivity contribution is 7.97. The summed E-state index contributed by atoms with van der Waals surface area (Å²) in [6.45, 7) is 1.09. The van der Waals surface area contributed by atoms with E-state index in [4.69, 9.17) is 4.74 Å². The first-order chi connectivity index (χ1) is 9.12. The molecule has 6 heteroatoms. The molecule has 1 saturated heterocycles. The van der Waals surface area contributed by atoms with Crippen LogP contribution in [0.1, 0.15) is 18.4 Å². The van der Waals surface area contributed by atoms with Gasteiger partial charge in [0.15, 0.2) is 0 Å². The second kappa shape index (κ2) is 6.74. The minimum atomic E-state index is -3.43. The van der Waals surface area contributed by atoms with E-state index in [2.05, 4.69) is 4.72 Å². The molecular weight excluding hydrogens is 282 g/mol. The van der Waals surface area contributed by atoms with Gasteiger partial charge in [-0.15, -0.1) is 0 Å². The monoisotopic (exact) mass is 301 g/mol. The summed E-state index contributed by atoms with van der Waals surface area (Å²) in [5.74, 6) is 0.815. The van der Waals surface area contributed by atoms with Gasteiger partial charge in [0, 0.05) is 18.9 Å². The van der Waals surface area contributed by atoms with Gasteiger partial charge in [0.25, 0.3) is 0 Å². The fourth-order valence-corrected chi connectivity index (χ4v) is 3.71. The standard InChI is InChI=1S/C13H19NO3S2/c1-18-10-11-4-2-6-13(8-11)19(15,16)14-9-12-5-3-7-17-12/h2,4,6,8,12,14H,3,5,7,9-10H2,1H3/t12-/m0/s1. The molecule has 1 aliphatic rings. The molecule has 1 aromatic carbocycles. The Kier molecular flexibility index (Phi) is 5.27. The molecule has 1 atom stereocenters. The fraction of sp³-hybridized carbons (Fsp3) is 0.538. The molecule has 0 aromatic heterocycles. The molecule has 0 saturated carbocycles. The second-order valence-electron chi connectivity index (χ2n) is 4.57. The zero-order valence-corrected chi connectivity index (χ0v) is 12.6. The first-order valence-corrected chi connectivity index (χ1v) is 9.18. The van der Waals surface area contributed by atoms with Crippen molar-refractivity contribution in [3.63, 3.8) is 0 Å². The Morgan fingerprint density at radius 1 is 1.47 bits per heavy atom. The molecule has 1 aliphatic heterocycles. The zero-order chi connectivity index (χ0) is 13.7. The maximum atomic E-state index is 12.2. The van der Waals surface area contributed by atoms with Crippen molar-refractivity contribution in [1.29, 1.82) is 0 Å². The lowest BCUT2D eigenvalue weighted by atomic mass is 10.2. The highest BCUT2D eigenvalue weighted by Crippen LogP contribution is 2.16. The molecule has 1 N–H and O–H groups in total. The average Bonchev–Trinajstić information content (AvgIpc) is 2.90. The number of benzene rings is 1. The molecule has 1 aromatic rings. The van der Waals surface area contributed by atoms with Crippen molar-refractivity contribution < 1.29 is 13.2 Å². The van der Waals surface area contributed by atoms with E-state index in [1.165, 1.54) is 0 Å². The number of nitrogens with one attached hydrogen (secondary N) is 1. The van der Waals surface area contributed by atoms with Crippen LogP contribution in [-0.2, 0) is 20.5 Å². The Morgan fingerprint density at radius 2 is 2.32 bits per heavy atom. The van der Waals surface area contributed by atoms with Crippen LogP contribution >= 0.6 is 11.8 Å². The van der Waals surface area contributed by atoms with Gasteiger partial charge in [-0.05, 0) is 36.8 Å². The summed E-state index contributed by atoms with van der Waals surface area (Å²) >= 11 is 1.67. The molecule has 1 heterocycles. The normalized spacial score (nSPS) is 19.7. The Balaban J connectivity index is 2.03. The SMILES string of the molecule is CSCc1cccc(S(=O)(=O)NC[C@@H]2CCCO2)c1. The summed E-state index contributed by atoms with van der Waals surface area (Å²) in [6, 6.07) is 7.08. The molecule has 0 spiro atoms. The van der Waals surface area contributed by atoms with E-state index in [0.29, 0.717) is 11.4 Å². The van der Waals surface area contributed by atoms with Crippen molar-refractivity contribution in [3.8, 4) is 0 Å². The smallest absolute Gasteiger partial charge is 0.240 e. The number of sulfonamides is 1. The maximum Gasteiger partial charge on any atom is 0.240 e. The third-order valence-electron chi connectivity index (χ3n) is 3.04. The molecular formula is C13H19NO3S2. The van der Waals surface area contributed by atoms with E-state index in [0.717, 1.165) is 30.8 Å². The van der Waals surface area contributed by atoms with Crippen LogP contribution < -0.4 is 4.72 Å². The van der Waals surface area contributed by atoms with E-state index in [-0.39, 0.29) is 6.10 Å². The van der Waals surface area contributed by atoms with Crippen LogP contribution in [0.5, 0.6) is 0 Å². The van der Waals surface area contributed by atoms with Gasteiger partial charge in [-0.25, -0.2) is 13.1 Å². The third kappa shape index (κ3) is 4.21. The minimum absolute atomic E-state index is 0.0177. The molecule has 0 bridgehead atoms. The van der Waals surface area contributed by atoms with Crippen LogP contribution in [0.15, 0.2) is 29.2 Å². The van der Waals surface area contributed by atoms with E-state index >= 15 is 0 Å². The summed E-state index contributed by atoms with van der Waals surface area (Å²) < 4.78 is 32.4. The van der Waals surface area contributed by atoms with Gasteiger partial charge in [0.2, 0.25) is 10.0 Å². The largest absolute Gasteiger partial charge is 0.377 e. The average molecular weight is 301 g/mol. The first-order valence-electron chi connectivity index (χ1n) is 6.31. The van der Waals surface area contributed by atoms with Crippen LogP contribution in [0.3, 0.4) is 0 Å². The number of hydrogen-bond acceptors (Lipinski definition) is 4. The molecule has 0 aliphatic carbocycles. The Hall–Kier alpha value is -0.560. The molecule has 0 radical (unpaired) electrons. The molecule has 106 valence electrons. The van der Waals surface area contributed by atoms with E-state index in [1.807, 2.05) is 12.3 Å². The van der Waals surface area contributed by atoms with E-state index < -0.39 is 10.0 Å². The second-order valence-corrected chi connectivity index (χ2v) is 7.20. The first kappa shape index (κ1) is 14.8. The van der Waals surface area contributed by atoms with Gasteiger partial charge in [0.05, 0.1) is 11.0 Å². The molecule has 0 unspecified atom stereocenters. The summed E-state index contributed by atoms with van der Waals surface area (Å²) in [7, 11) is -3.43. The fourth-order valence-electron chi connectivity index (χ4n) is 2.06. The maximum absolute atomic E-state index is 12.2. The Morgan fingerprint density at radius 3 is 3.00 bits per heavy atom. The highest BCUT2D eigenvalue weighted by atomic mass is 32.2. The summed E-state index contributed by atoms with van der Waals surface area (Å²) in [6.07, 6.45) is 3.95. The molecule has 0 amide bonds. The lowest BCUT2D eigenvalue weighted by molar-refractivity contribution is 0.114. The molecule has 19 heavy (non-hydrogen) atoms. The van der Waals surface area contributed by atoms with Gasteiger partial charge < -0.3 is 4.74 Å². The van der Waals surface area contributed by atoms with Gasteiger partial charge in [-0.1, -0.05) is 12.1 Å².